The third kappa shape index (κ3) is 1.38. The molecular weight excluding hydrogens is 197 g/mol. The van der Waals surface area contributed by atoms with E-state index in [0.717, 1.165) is 11.7 Å². The maximum Gasteiger partial charge on any atom is 0.166 e. The molecule has 0 aliphatic heterocycles. The summed E-state index contributed by atoms with van der Waals surface area (Å²) in [5, 5.41) is 0.739. The molecule has 0 saturated carbocycles. The molecule has 15 heavy (non-hydrogen) atoms. The molecule has 0 radical (unpaired) electrons. The van der Waals surface area contributed by atoms with Gasteiger partial charge in [-0.25, -0.2) is 4.39 Å². The second kappa shape index (κ2) is 3.38. The molecule has 0 amide bonds. The van der Waals surface area contributed by atoms with Crippen molar-refractivity contribution in [1.82, 2.24) is 4.57 Å². The SMILES string of the molecule is COc1cc(F)cc2c1cc(C=O)n2C. The molecule has 0 atom stereocenters. The molecule has 1 aromatic carbocycles. The van der Waals surface area contributed by atoms with Crippen LogP contribution in [0.4, 0.5) is 4.39 Å². The third-order valence-electron chi connectivity index (χ3n) is 2.47. The predicted molar refractivity (Wildman–Crippen MR) is 54.8 cm³/mol. The molecule has 0 aliphatic rings. The molecule has 2 aromatic rings. The van der Waals surface area contributed by atoms with Crippen molar-refractivity contribution < 1.29 is 13.9 Å². The standard InChI is InChI=1S/C11H10FNO2/c1-13-8(6-14)5-9-10(13)3-7(12)4-11(9)15-2/h3-6H,1-2H3. The average Bonchev–Trinajstić information content (AvgIpc) is 2.55. The molecule has 3 nitrogen and oxygen atoms in total. The van der Waals surface area contributed by atoms with E-state index < -0.39 is 0 Å². The fourth-order valence-electron chi connectivity index (χ4n) is 1.67. The van der Waals surface area contributed by atoms with Crippen molar-refractivity contribution in [2.45, 2.75) is 0 Å². The summed E-state index contributed by atoms with van der Waals surface area (Å²) in [5.41, 5.74) is 1.14. The molecule has 0 unspecified atom stereocenters. The van der Waals surface area contributed by atoms with Gasteiger partial charge >= 0.3 is 0 Å². The van der Waals surface area contributed by atoms with Gasteiger partial charge in [0.2, 0.25) is 0 Å². The van der Waals surface area contributed by atoms with Gasteiger partial charge in [-0.3, -0.25) is 4.79 Å². The number of aromatic nitrogens is 1. The van der Waals surface area contributed by atoms with Crippen LogP contribution in [-0.2, 0) is 7.05 Å². The zero-order valence-corrected chi connectivity index (χ0v) is 8.45. The molecule has 0 fully saturated rings. The number of hydrogen-bond acceptors (Lipinski definition) is 2. The first kappa shape index (κ1) is 9.71. The van der Waals surface area contributed by atoms with Gasteiger partial charge in [0.1, 0.15) is 11.6 Å². The van der Waals surface area contributed by atoms with Gasteiger partial charge in [-0.15, -0.1) is 0 Å². The van der Waals surface area contributed by atoms with Crippen molar-refractivity contribution in [3.05, 3.63) is 29.7 Å². The van der Waals surface area contributed by atoms with Crippen LogP contribution in [0.3, 0.4) is 0 Å². The summed E-state index contributed by atoms with van der Waals surface area (Å²) in [6.07, 6.45) is 0.733. The van der Waals surface area contributed by atoms with Gasteiger partial charge in [0, 0.05) is 18.5 Å². The van der Waals surface area contributed by atoms with E-state index in [4.69, 9.17) is 4.74 Å². The Morgan fingerprint density at radius 3 is 2.73 bits per heavy atom. The first-order valence-corrected chi connectivity index (χ1v) is 4.45. The minimum absolute atomic E-state index is 0.377. The van der Waals surface area contributed by atoms with E-state index in [9.17, 15) is 9.18 Å². The van der Waals surface area contributed by atoms with E-state index in [1.165, 1.54) is 19.2 Å². The van der Waals surface area contributed by atoms with Gasteiger partial charge in [-0.2, -0.15) is 0 Å². The number of benzene rings is 1. The summed E-state index contributed by atoms with van der Waals surface area (Å²) in [6, 6.07) is 4.36. The van der Waals surface area contributed by atoms with Crippen molar-refractivity contribution in [1.29, 1.82) is 0 Å². The number of methoxy groups -OCH3 is 1. The molecule has 78 valence electrons. The Labute approximate surface area is 86.1 Å². The number of halogens is 1. The third-order valence-corrected chi connectivity index (χ3v) is 2.47. The molecule has 0 bridgehead atoms. The van der Waals surface area contributed by atoms with Crippen molar-refractivity contribution >= 4 is 17.2 Å². The number of ether oxygens (including phenoxy) is 1. The van der Waals surface area contributed by atoms with E-state index in [-0.39, 0.29) is 5.82 Å². The zero-order valence-electron chi connectivity index (χ0n) is 8.45. The quantitative estimate of drug-likeness (QED) is 0.706. The van der Waals surface area contributed by atoms with E-state index in [1.54, 1.807) is 17.7 Å². The van der Waals surface area contributed by atoms with Crippen LogP contribution in [0, 0.1) is 5.82 Å². The van der Waals surface area contributed by atoms with Crippen molar-refractivity contribution in [2.24, 2.45) is 7.05 Å². The van der Waals surface area contributed by atoms with Crippen LogP contribution in [0.25, 0.3) is 10.9 Å². The summed E-state index contributed by atoms with van der Waals surface area (Å²) < 4.78 is 19.9. The summed E-state index contributed by atoms with van der Waals surface area (Å²) >= 11 is 0. The highest BCUT2D eigenvalue weighted by atomic mass is 19.1. The van der Waals surface area contributed by atoms with E-state index >= 15 is 0 Å². The van der Waals surface area contributed by atoms with Crippen LogP contribution < -0.4 is 4.74 Å². The Bertz CT molecular complexity index is 531. The maximum absolute atomic E-state index is 13.2. The van der Waals surface area contributed by atoms with Crippen LogP contribution >= 0.6 is 0 Å². The summed E-state index contributed by atoms with van der Waals surface area (Å²) in [4.78, 5) is 10.7. The number of hydrogen-bond donors (Lipinski definition) is 0. The van der Waals surface area contributed by atoms with Crippen molar-refractivity contribution in [2.75, 3.05) is 7.11 Å². The monoisotopic (exact) mass is 207 g/mol. The molecule has 1 heterocycles. The number of aldehydes is 1. The number of rotatable bonds is 2. The molecule has 0 aliphatic carbocycles. The van der Waals surface area contributed by atoms with Crippen molar-refractivity contribution in [3.8, 4) is 5.75 Å². The second-order valence-corrected chi connectivity index (χ2v) is 3.29. The predicted octanol–water partition coefficient (Wildman–Crippen LogP) is 2.14. The lowest BCUT2D eigenvalue weighted by Gasteiger charge is -2.03. The van der Waals surface area contributed by atoms with Crippen LogP contribution in [0.15, 0.2) is 18.2 Å². The smallest absolute Gasteiger partial charge is 0.166 e. The van der Waals surface area contributed by atoms with Crippen LogP contribution in [-0.4, -0.2) is 18.0 Å². The average molecular weight is 207 g/mol. The topological polar surface area (TPSA) is 31.2 Å². The van der Waals surface area contributed by atoms with E-state index in [2.05, 4.69) is 0 Å². The molecule has 2 rings (SSSR count). The Morgan fingerprint density at radius 1 is 1.40 bits per heavy atom. The summed E-state index contributed by atoms with van der Waals surface area (Å²) in [6.45, 7) is 0. The largest absolute Gasteiger partial charge is 0.496 e. The van der Waals surface area contributed by atoms with E-state index in [0.29, 0.717) is 17.0 Å². The Morgan fingerprint density at radius 2 is 2.13 bits per heavy atom. The van der Waals surface area contributed by atoms with Gasteiger partial charge in [0.15, 0.2) is 6.29 Å². The summed E-state index contributed by atoms with van der Waals surface area (Å²) in [5.74, 6) is 0.0618. The highest BCUT2D eigenvalue weighted by Gasteiger charge is 2.11. The Balaban J connectivity index is 2.87. The maximum atomic E-state index is 13.2. The normalized spacial score (nSPS) is 10.6. The lowest BCUT2D eigenvalue weighted by Crippen LogP contribution is -1.93. The van der Waals surface area contributed by atoms with E-state index in [1.807, 2.05) is 0 Å². The van der Waals surface area contributed by atoms with Gasteiger partial charge in [0.05, 0.1) is 18.3 Å². The Hall–Kier alpha value is -1.84. The molecule has 0 saturated heterocycles. The Kier molecular flexibility index (Phi) is 2.19. The lowest BCUT2D eigenvalue weighted by molar-refractivity contribution is 0.111. The van der Waals surface area contributed by atoms with Crippen molar-refractivity contribution in [3.63, 3.8) is 0 Å². The highest BCUT2D eigenvalue weighted by Crippen LogP contribution is 2.28. The minimum atomic E-state index is -0.377. The summed E-state index contributed by atoms with van der Waals surface area (Å²) in [7, 11) is 3.19. The molecule has 1 aromatic heterocycles. The van der Waals surface area contributed by atoms with Crippen LogP contribution in [0.5, 0.6) is 5.75 Å². The molecule has 4 heteroatoms. The first-order valence-electron chi connectivity index (χ1n) is 4.45. The molecular formula is C11H10FNO2. The number of carbonyl (C=O) groups is 1. The fraction of sp³-hybridized carbons (Fsp3) is 0.182. The number of fused-ring (bicyclic) bond motifs is 1. The van der Waals surface area contributed by atoms with Gasteiger partial charge in [-0.05, 0) is 12.1 Å². The van der Waals surface area contributed by atoms with Gasteiger partial charge in [0.25, 0.3) is 0 Å². The number of aryl methyl sites for hydroxylation is 1. The van der Waals surface area contributed by atoms with Crippen LogP contribution in [0.1, 0.15) is 10.5 Å². The highest BCUT2D eigenvalue weighted by molar-refractivity contribution is 5.92. The van der Waals surface area contributed by atoms with Crippen LogP contribution in [0.2, 0.25) is 0 Å². The number of carbonyl (C=O) groups excluding carboxylic acids is 1. The van der Waals surface area contributed by atoms with Gasteiger partial charge in [-0.1, -0.05) is 0 Å². The molecule has 0 N–H and O–H groups in total. The van der Waals surface area contributed by atoms with Gasteiger partial charge < -0.3 is 9.30 Å². The number of nitrogens with zero attached hydrogens (tertiary/aromatic N) is 1. The molecule has 0 spiro atoms. The lowest BCUT2D eigenvalue weighted by atomic mass is 10.2. The second-order valence-electron chi connectivity index (χ2n) is 3.29. The first-order chi connectivity index (χ1) is 7.17. The minimum Gasteiger partial charge on any atom is -0.496 e. The fourth-order valence-corrected chi connectivity index (χ4v) is 1.67. The zero-order chi connectivity index (χ0) is 11.0.